The fraction of sp³-hybridized carbons (Fsp3) is 0.125. The predicted molar refractivity (Wildman–Crippen MR) is 83.1 cm³/mol. The molecule has 8 heteroatoms. The van der Waals surface area contributed by atoms with Crippen molar-refractivity contribution in [2.45, 2.75) is 4.90 Å². The molecule has 0 spiro atoms. The van der Waals surface area contributed by atoms with E-state index in [-0.39, 0.29) is 10.6 Å². The summed E-state index contributed by atoms with van der Waals surface area (Å²) in [6.07, 6.45) is 0. The molecule has 0 saturated heterocycles. The van der Waals surface area contributed by atoms with Gasteiger partial charge in [-0.3, -0.25) is 9.59 Å². The quantitative estimate of drug-likeness (QED) is 0.638. The smallest absolute Gasteiger partial charge is 0.316 e. The number of anilines is 1. The van der Waals surface area contributed by atoms with Crippen LogP contribution in [0.5, 0.6) is 0 Å². The molecular formula is C16H12F3NO3S. The number of amides is 1. The highest BCUT2D eigenvalue weighted by atomic mass is 32.2. The molecule has 0 saturated carbocycles. The summed E-state index contributed by atoms with van der Waals surface area (Å²) < 4.78 is 44.8. The van der Waals surface area contributed by atoms with Gasteiger partial charge in [-0.1, -0.05) is 18.2 Å². The minimum absolute atomic E-state index is 0.206. The second kappa shape index (κ2) is 8.39. The van der Waals surface area contributed by atoms with Crippen molar-refractivity contribution in [3.05, 3.63) is 59.9 Å². The van der Waals surface area contributed by atoms with Gasteiger partial charge < -0.3 is 10.1 Å². The van der Waals surface area contributed by atoms with Crippen LogP contribution >= 0.6 is 11.8 Å². The normalized spacial score (nSPS) is 10.3. The largest absolute Gasteiger partial charge is 0.455 e. The second-order valence-electron chi connectivity index (χ2n) is 4.52. The Morgan fingerprint density at radius 1 is 0.958 bits per heavy atom. The molecule has 0 fully saturated rings. The lowest BCUT2D eigenvalue weighted by Gasteiger charge is -2.08. The summed E-state index contributed by atoms with van der Waals surface area (Å²) in [6.45, 7) is -0.704. The highest BCUT2D eigenvalue weighted by Crippen LogP contribution is 2.21. The summed E-state index contributed by atoms with van der Waals surface area (Å²) in [4.78, 5) is 23.4. The van der Waals surface area contributed by atoms with Crippen LogP contribution in [-0.4, -0.2) is 24.2 Å². The number of thioether (sulfide) groups is 1. The van der Waals surface area contributed by atoms with E-state index in [0.29, 0.717) is 0 Å². The molecule has 0 aliphatic carbocycles. The van der Waals surface area contributed by atoms with Crippen molar-refractivity contribution < 1.29 is 27.5 Å². The number of rotatable bonds is 6. The first-order valence-electron chi connectivity index (χ1n) is 6.74. The highest BCUT2D eigenvalue weighted by molar-refractivity contribution is 8.00. The molecule has 2 aromatic carbocycles. The van der Waals surface area contributed by atoms with Gasteiger partial charge in [-0.15, -0.1) is 11.8 Å². The Bertz CT molecular complexity index is 735. The summed E-state index contributed by atoms with van der Waals surface area (Å²) in [6, 6.07) is 9.01. The fourth-order valence-electron chi connectivity index (χ4n) is 1.68. The van der Waals surface area contributed by atoms with E-state index in [1.807, 2.05) is 5.32 Å². The molecule has 0 aliphatic rings. The topological polar surface area (TPSA) is 55.4 Å². The van der Waals surface area contributed by atoms with Gasteiger partial charge in [0, 0.05) is 4.90 Å². The number of esters is 1. The maximum Gasteiger partial charge on any atom is 0.316 e. The Morgan fingerprint density at radius 3 is 2.25 bits per heavy atom. The number of carbonyl (C=O) groups is 2. The Balaban J connectivity index is 1.79. The van der Waals surface area contributed by atoms with E-state index in [1.54, 1.807) is 6.07 Å². The van der Waals surface area contributed by atoms with E-state index in [2.05, 4.69) is 4.74 Å². The summed E-state index contributed by atoms with van der Waals surface area (Å²) in [5.41, 5.74) is -0.612. The van der Waals surface area contributed by atoms with Crippen LogP contribution in [0.2, 0.25) is 0 Å². The van der Waals surface area contributed by atoms with Gasteiger partial charge in [-0.2, -0.15) is 0 Å². The van der Waals surface area contributed by atoms with Gasteiger partial charge in [0.15, 0.2) is 6.61 Å². The van der Waals surface area contributed by atoms with Crippen molar-refractivity contribution in [1.29, 1.82) is 0 Å². The minimum Gasteiger partial charge on any atom is -0.455 e. The van der Waals surface area contributed by atoms with Crippen LogP contribution in [0.15, 0.2) is 47.4 Å². The zero-order chi connectivity index (χ0) is 17.5. The average molecular weight is 355 g/mol. The van der Waals surface area contributed by atoms with Crippen molar-refractivity contribution in [1.82, 2.24) is 0 Å². The molecule has 2 rings (SSSR count). The molecule has 0 radical (unpaired) electrons. The molecule has 0 aromatic heterocycles. The van der Waals surface area contributed by atoms with E-state index < -0.39 is 41.6 Å². The summed E-state index contributed by atoms with van der Waals surface area (Å²) in [5.74, 6) is -4.20. The number of halogens is 3. The SMILES string of the molecule is O=C(COC(=O)CSc1ccccc1F)Nc1c(F)cccc1F. The number of benzene rings is 2. The number of para-hydroxylation sites is 1. The van der Waals surface area contributed by atoms with Gasteiger partial charge in [0.05, 0.1) is 5.75 Å². The molecule has 0 aliphatic heterocycles. The first kappa shape index (κ1) is 17.9. The molecule has 2 aromatic rings. The number of carbonyl (C=O) groups excluding carboxylic acids is 2. The van der Waals surface area contributed by atoms with Gasteiger partial charge in [-0.25, -0.2) is 13.2 Å². The third-order valence-electron chi connectivity index (χ3n) is 2.77. The number of nitrogens with one attached hydrogen (secondary N) is 1. The van der Waals surface area contributed by atoms with Crippen LogP contribution in [0.4, 0.5) is 18.9 Å². The maximum absolute atomic E-state index is 13.4. The monoisotopic (exact) mass is 355 g/mol. The van der Waals surface area contributed by atoms with E-state index >= 15 is 0 Å². The van der Waals surface area contributed by atoms with Crippen LogP contribution < -0.4 is 5.32 Å². The average Bonchev–Trinajstić information content (AvgIpc) is 2.56. The lowest BCUT2D eigenvalue weighted by Crippen LogP contribution is -2.22. The van der Waals surface area contributed by atoms with E-state index in [0.717, 1.165) is 30.0 Å². The van der Waals surface area contributed by atoms with Crippen molar-refractivity contribution in [2.75, 3.05) is 17.7 Å². The van der Waals surface area contributed by atoms with Crippen LogP contribution in [0, 0.1) is 17.5 Å². The highest BCUT2D eigenvalue weighted by Gasteiger charge is 2.14. The molecule has 1 N–H and O–H groups in total. The molecule has 0 heterocycles. The first-order valence-corrected chi connectivity index (χ1v) is 7.72. The van der Waals surface area contributed by atoms with Crippen molar-refractivity contribution in [3.8, 4) is 0 Å². The van der Waals surface area contributed by atoms with Crippen molar-refractivity contribution in [3.63, 3.8) is 0 Å². The Kier molecular flexibility index (Phi) is 6.25. The molecule has 1 amide bonds. The Labute approximate surface area is 140 Å². The van der Waals surface area contributed by atoms with Gasteiger partial charge in [0.2, 0.25) is 0 Å². The predicted octanol–water partition coefficient (Wildman–Crippen LogP) is 3.38. The Morgan fingerprint density at radius 2 is 1.58 bits per heavy atom. The number of ether oxygens (including phenoxy) is 1. The molecule has 4 nitrogen and oxygen atoms in total. The molecule has 0 atom stereocenters. The van der Waals surface area contributed by atoms with E-state index in [4.69, 9.17) is 0 Å². The summed E-state index contributed by atoms with van der Waals surface area (Å²) in [7, 11) is 0. The molecule has 0 bridgehead atoms. The molecular weight excluding hydrogens is 343 g/mol. The van der Waals surface area contributed by atoms with Gasteiger partial charge in [0.25, 0.3) is 5.91 Å². The van der Waals surface area contributed by atoms with E-state index in [9.17, 15) is 22.8 Å². The van der Waals surface area contributed by atoms with E-state index in [1.165, 1.54) is 18.2 Å². The third-order valence-corrected chi connectivity index (χ3v) is 3.80. The standard InChI is InChI=1S/C16H12F3NO3S/c17-10-4-1-2-7-13(10)24-9-15(22)23-8-14(21)20-16-11(18)5-3-6-12(16)19/h1-7H,8-9H2,(H,20,21). The molecule has 126 valence electrons. The fourth-order valence-corrected chi connectivity index (χ4v) is 2.42. The summed E-state index contributed by atoms with van der Waals surface area (Å²) in [5, 5.41) is 1.98. The maximum atomic E-state index is 13.4. The first-order chi connectivity index (χ1) is 11.5. The second-order valence-corrected chi connectivity index (χ2v) is 5.54. The van der Waals surface area contributed by atoms with Crippen LogP contribution in [0.1, 0.15) is 0 Å². The van der Waals surface area contributed by atoms with Gasteiger partial charge in [0.1, 0.15) is 23.1 Å². The molecule has 0 unspecified atom stereocenters. The minimum atomic E-state index is -0.940. The summed E-state index contributed by atoms with van der Waals surface area (Å²) >= 11 is 0.914. The van der Waals surface area contributed by atoms with Crippen LogP contribution in [0.3, 0.4) is 0 Å². The lowest BCUT2D eigenvalue weighted by atomic mass is 10.3. The lowest BCUT2D eigenvalue weighted by molar-refractivity contribution is -0.144. The Hall–Kier alpha value is -2.48. The number of hydrogen-bond acceptors (Lipinski definition) is 4. The van der Waals surface area contributed by atoms with Crippen LogP contribution in [-0.2, 0) is 14.3 Å². The van der Waals surface area contributed by atoms with Gasteiger partial charge >= 0.3 is 5.97 Å². The van der Waals surface area contributed by atoms with Crippen molar-refractivity contribution >= 4 is 29.3 Å². The zero-order valence-electron chi connectivity index (χ0n) is 12.2. The molecule has 24 heavy (non-hydrogen) atoms. The number of hydrogen-bond donors (Lipinski definition) is 1. The third kappa shape index (κ3) is 5.02. The van der Waals surface area contributed by atoms with Gasteiger partial charge in [-0.05, 0) is 24.3 Å². The van der Waals surface area contributed by atoms with Crippen molar-refractivity contribution in [2.24, 2.45) is 0 Å². The van der Waals surface area contributed by atoms with Crippen LogP contribution in [0.25, 0.3) is 0 Å². The zero-order valence-corrected chi connectivity index (χ0v) is 13.0.